The molecule has 14 heteroatoms. The third-order valence-corrected chi connectivity index (χ3v) is 5.01. The van der Waals surface area contributed by atoms with E-state index in [-0.39, 0.29) is 19.4 Å². The maximum absolute atomic E-state index is 12.9. The van der Waals surface area contributed by atoms with Crippen LogP contribution in [0.3, 0.4) is 0 Å². The van der Waals surface area contributed by atoms with Gasteiger partial charge in [-0.3, -0.25) is 9.59 Å². The zero-order chi connectivity index (χ0) is 32.1. The number of carbonyl (C=O) groups excluding carboxylic acids is 6. The summed E-state index contributed by atoms with van der Waals surface area (Å²) in [5, 5.41) is 3.44. The fourth-order valence-corrected chi connectivity index (χ4v) is 3.37. The molecule has 14 nitrogen and oxygen atoms in total. The van der Waals surface area contributed by atoms with Crippen molar-refractivity contribution in [3.05, 3.63) is 35.9 Å². The first-order chi connectivity index (χ1) is 19.3. The molecule has 1 aromatic carbocycles. The number of alkyl carbamates (subject to hydrolysis) is 1. The van der Waals surface area contributed by atoms with Crippen molar-refractivity contribution in [1.82, 2.24) is 15.8 Å². The third kappa shape index (κ3) is 16.0. The van der Waals surface area contributed by atoms with E-state index < -0.39 is 71.9 Å². The molecule has 0 aliphatic carbocycles. The van der Waals surface area contributed by atoms with Crippen LogP contribution in [0.4, 0.5) is 9.59 Å². The summed E-state index contributed by atoms with van der Waals surface area (Å²) in [5.74, 6) is -4.48. The number of nitrogens with two attached hydrogens (primary N) is 1. The monoisotopic (exact) mass is 594 g/mol. The smallest absolute Gasteiger partial charge is 0.426 e. The van der Waals surface area contributed by atoms with E-state index in [1.54, 1.807) is 78.8 Å². The van der Waals surface area contributed by atoms with Crippen LogP contribution in [0, 0.1) is 5.92 Å². The zero-order valence-electron chi connectivity index (χ0n) is 25.2. The van der Waals surface area contributed by atoms with Gasteiger partial charge in [0.2, 0.25) is 11.8 Å². The Morgan fingerprint density at radius 1 is 0.857 bits per heavy atom. The molecule has 1 rings (SSSR count). The fraction of sp³-hybridized carbons (Fsp3) is 0.571. The van der Waals surface area contributed by atoms with Crippen molar-refractivity contribution in [3.63, 3.8) is 0 Å². The van der Waals surface area contributed by atoms with Gasteiger partial charge >= 0.3 is 24.1 Å². The lowest BCUT2D eigenvalue weighted by Gasteiger charge is -2.29. The van der Waals surface area contributed by atoms with Crippen LogP contribution in [-0.2, 0) is 44.8 Å². The highest BCUT2D eigenvalue weighted by molar-refractivity contribution is 5.84. The average Bonchev–Trinajstić information content (AvgIpc) is 2.82. The van der Waals surface area contributed by atoms with Gasteiger partial charge < -0.3 is 20.5 Å². The Labute approximate surface area is 245 Å². The van der Waals surface area contributed by atoms with Crippen LogP contribution >= 0.6 is 0 Å². The van der Waals surface area contributed by atoms with Gasteiger partial charge in [0.25, 0.3) is 0 Å². The normalized spacial score (nSPS) is 12.6. The van der Waals surface area contributed by atoms with Crippen LogP contribution in [0.15, 0.2) is 30.3 Å². The second-order valence-electron chi connectivity index (χ2n) is 11.6. The Bertz CT molecular complexity index is 1100. The van der Waals surface area contributed by atoms with Gasteiger partial charge in [-0.05, 0) is 60.5 Å². The maximum Gasteiger partial charge on any atom is 0.426 e. The summed E-state index contributed by atoms with van der Waals surface area (Å²) in [7, 11) is 0. The van der Waals surface area contributed by atoms with E-state index in [9.17, 15) is 28.8 Å². The molecule has 0 spiro atoms. The molecule has 2 unspecified atom stereocenters. The zero-order valence-corrected chi connectivity index (χ0v) is 25.2. The number of nitrogens with one attached hydrogen (secondary N) is 2. The van der Waals surface area contributed by atoms with Crippen molar-refractivity contribution in [1.29, 1.82) is 0 Å². The van der Waals surface area contributed by atoms with E-state index in [0.29, 0.717) is 0 Å². The lowest BCUT2D eigenvalue weighted by molar-refractivity contribution is -0.262. The van der Waals surface area contributed by atoms with Gasteiger partial charge in [0.1, 0.15) is 11.2 Å². The molecule has 1 aromatic rings. The highest BCUT2D eigenvalue weighted by atomic mass is 17.2. The lowest BCUT2D eigenvalue weighted by atomic mass is 9.96. The van der Waals surface area contributed by atoms with Crippen LogP contribution in [0.2, 0.25) is 0 Å². The van der Waals surface area contributed by atoms with E-state index in [4.69, 9.17) is 15.2 Å². The number of hydrogen-bond donors (Lipinski definition) is 3. The van der Waals surface area contributed by atoms with Crippen molar-refractivity contribution in [2.24, 2.45) is 11.7 Å². The van der Waals surface area contributed by atoms with Crippen molar-refractivity contribution < 1.29 is 48.0 Å². The molecule has 0 saturated carbocycles. The predicted octanol–water partition coefficient (Wildman–Crippen LogP) is 2.68. The second-order valence-corrected chi connectivity index (χ2v) is 11.6. The van der Waals surface area contributed by atoms with Crippen LogP contribution in [-0.4, -0.2) is 64.7 Å². The number of rotatable bonds is 11. The number of benzene rings is 1. The Morgan fingerprint density at radius 2 is 1.43 bits per heavy atom. The summed E-state index contributed by atoms with van der Waals surface area (Å²) in [6.45, 7) is 11.4. The van der Waals surface area contributed by atoms with Crippen molar-refractivity contribution >= 4 is 35.9 Å². The van der Waals surface area contributed by atoms with E-state index in [1.807, 2.05) is 0 Å². The van der Waals surface area contributed by atoms with Crippen molar-refractivity contribution in [3.8, 4) is 0 Å². The molecule has 0 aliphatic heterocycles. The third-order valence-electron chi connectivity index (χ3n) is 5.01. The number of carbonyl (C=O) groups is 6. The van der Waals surface area contributed by atoms with Crippen LogP contribution < -0.4 is 16.5 Å². The van der Waals surface area contributed by atoms with Gasteiger partial charge in [-0.25, -0.2) is 39.4 Å². The highest BCUT2D eigenvalue weighted by Gasteiger charge is 2.27. The number of hydrogen-bond acceptors (Lipinski definition) is 10. The minimum atomic E-state index is -1.05. The number of hydrazine groups is 1. The molecule has 0 aromatic heterocycles. The first kappa shape index (κ1) is 35.7. The quantitative estimate of drug-likeness (QED) is 0.253. The molecular weight excluding hydrogens is 552 g/mol. The molecule has 0 radical (unpaired) electrons. The number of primary amides is 1. The first-order valence-corrected chi connectivity index (χ1v) is 13.4. The molecule has 4 N–H and O–H groups in total. The van der Waals surface area contributed by atoms with Crippen molar-refractivity contribution in [2.45, 2.75) is 91.4 Å². The fourth-order valence-electron chi connectivity index (χ4n) is 3.37. The Morgan fingerprint density at radius 3 is 1.98 bits per heavy atom. The van der Waals surface area contributed by atoms with Crippen LogP contribution in [0.25, 0.3) is 0 Å². The molecule has 0 heterocycles. The van der Waals surface area contributed by atoms with E-state index >= 15 is 0 Å². The highest BCUT2D eigenvalue weighted by Crippen LogP contribution is 2.15. The average molecular weight is 595 g/mol. The van der Waals surface area contributed by atoms with E-state index in [1.165, 1.54) is 0 Å². The summed E-state index contributed by atoms with van der Waals surface area (Å²) in [6, 6.07) is 8.12. The van der Waals surface area contributed by atoms with Gasteiger partial charge in [0, 0.05) is 18.9 Å². The summed E-state index contributed by atoms with van der Waals surface area (Å²) >= 11 is 0. The molecule has 0 bridgehead atoms. The summed E-state index contributed by atoms with van der Waals surface area (Å²) < 4.78 is 10.4. The molecular formula is C28H42N4O10. The van der Waals surface area contributed by atoms with E-state index in [0.717, 1.165) is 10.6 Å². The molecule has 0 fully saturated rings. The topological polar surface area (TPSA) is 193 Å². The molecule has 4 amide bonds. The standard InChI is InChI=1S/C28H42N4O10/c1-18(30-25(37)39-27(2,3)4)17-32(31-26(38)40-28(5,6)7)22(34)13-14-23(35)41-42-24(36)20(16-21(29)33)15-19-11-9-8-10-12-19/h8-12,18,20H,13-17H2,1-7H3,(H2,29,33)(H,30,37)(H,31,38). The summed E-state index contributed by atoms with van der Waals surface area (Å²) in [5.41, 5.74) is 6.67. The first-order valence-electron chi connectivity index (χ1n) is 13.4. The molecule has 234 valence electrons. The Balaban J connectivity index is 2.77. The second kappa shape index (κ2) is 16.2. The predicted molar refractivity (Wildman–Crippen MR) is 149 cm³/mol. The van der Waals surface area contributed by atoms with Gasteiger partial charge in [-0.2, -0.15) is 0 Å². The molecule has 2 atom stereocenters. The molecule has 0 saturated heterocycles. The van der Waals surface area contributed by atoms with E-state index in [2.05, 4.69) is 20.5 Å². The lowest BCUT2D eigenvalue weighted by Crippen LogP contribution is -2.53. The molecule has 42 heavy (non-hydrogen) atoms. The van der Waals surface area contributed by atoms with Crippen LogP contribution in [0.1, 0.15) is 73.3 Å². The van der Waals surface area contributed by atoms with Crippen LogP contribution in [0.5, 0.6) is 0 Å². The van der Waals surface area contributed by atoms with Gasteiger partial charge in [0.15, 0.2) is 0 Å². The minimum absolute atomic E-state index is 0.124. The Hall–Kier alpha value is -4.36. The number of amides is 4. The maximum atomic E-state index is 12.9. The van der Waals surface area contributed by atoms with Gasteiger partial charge in [0.05, 0.1) is 18.9 Å². The summed E-state index contributed by atoms with van der Waals surface area (Å²) in [4.78, 5) is 82.7. The minimum Gasteiger partial charge on any atom is -0.444 e. The van der Waals surface area contributed by atoms with Gasteiger partial charge in [-0.15, -0.1) is 0 Å². The number of nitrogens with zero attached hydrogens (tertiary/aromatic N) is 1. The summed E-state index contributed by atoms with van der Waals surface area (Å²) in [6.07, 6.45) is -2.85. The SMILES string of the molecule is CC(CN(NC(=O)OC(C)(C)C)C(=O)CCC(=O)OOC(=O)C(CC(N)=O)Cc1ccccc1)NC(=O)OC(C)(C)C. The van der Waals surface area contributed by atoms with Crippen molar-refractivity contribution in [2.75, 3.05) is 6.54 Å². The largest absolute Gasteiger partial charge is 0.444 e. The Kier molecular flexibility index (Phi) is 13.7. The number of ether oxygens (including phenoxy) is 2. The van der Waals surface area contributed by atoms with Gasteiger partial charge in [-0.1, -0.05) is 30.3 Å². The molecule has 0 aliphatic rings.